The minimum Gasteiger partial charge on any atom is -0.352 e. The maximum Gasteiger partial charge on any atom is 0.292 e. The number of anilines is 1. The third-order valence-corrected chi connectivity index (χ3v) is 2.49. The van der Waals surface area contributed by atoms with Gasteiger partial charge >= 0.3 is 0 Å². The lowest BCUT2D eigenvalue weighted by Gasteiger charge is -2.08. The molecule has 0 aromatic heterocycles. The van der Waals surface area contributed by atoms with E-state index in [2.05, 4.69) is 10.0 Å². The second kappa shape index (κ2) is 4.96. The van der Waals surface area contributed by atoms with Gasteiger partial charge < -0.3 is 5.32 Å². The number of rotatable bonds is 4. The van der Waals surface area contributed by atoms with Crippen molar-refractivity contribution in [3.05, 3.63) is 29.8 Å². The lowest BCUT2D eigenvalue weighted by Crippen LogP contribution is -2.28. The Hall–Kier alpha value is -1.89. The summed E-state index contributed by atoms with van der Waals surface area (Å²) in [6.45, 7) is 0. The fraction of sp³-hybridized carbons (Fsp3) is 0.200. The Morgan fingerprint density at radius 1 is 1.18 bits per heavy atom. The number of Topliss-reactive ketones (excluding diaryl/α,β-unsaturated/α-hetero) is 1. The molecule has 0 radical (unpaired) electrons. The minimum absolute atomic E-state index is 0.0114. The van der Waals surface area contributed by atoms with E-state index < -0.39 is 21.7 Å². The quantitative estimate of drug-likeness (QED) is 0.585. The van der Waals surface area contributed by atoms with Crippen LogP contribution in [0.15, 0.2) is 24.3 Å². The summed E-state index contributed by atoms with van der Waals surface area (Å²) in [5, 5.41) is 2.19. The summed E-state index contributed by atoms with van der Waals surface area (Å²) in [5.74, 6) is -1.59. The molecule has 0 spiro atoms. The molecule has 1 rings (SSSR count). The van der Waals surface area contributed by atoms with Crippen molar-refractivity contribution in [2.24, 2.45) is 0 Å². The fourth-order valence-corrected chi connectivity index (χ4v) is 1.78. The van der Waals surface area contributed by atoms with Crippen molar-refractivity contribution in [1.82, 2.24) is 5.32 Å². The second-order valence-electron chi connectivity index (χ2n) is 3.33. The van der Waals surface area contributed by atoms with Crippen molar-refractivity contribution in [3.63, 3.8) is 0 Å². The number of benzene rings is 1. The van der Waals surface area contributed by atoms with Crippen LogP contribution in [0.3, 0.4) is 0 Å². The number of nitrogens with one attached hydrogen (secondary N) is 2. The number of sulfonamides is 1. The van der Waals surface area contributed by atoms with E-state index in [0.29, 0.717) is 0 Å². The van der Waals surface area contributed by atoms with E-state index in [0.717, 1.165) is 6.26 Å². The van der Waals surface area contributed by atoms with Gasteiger partial charge in [0.25, 0.3) is 11.7 Å². The predicted octanol–water partition coefficient (Wildman–Crippen LogP) is -0.0132. The number of ketones is 1. The van der Waals surface area contributed by atoms with Crippen LogP contribution in [-0.4, -0.2) is 33.4 Å². The van der Waals surface area contributed by atoms with Gasteiger partial charge in [-0.25, -0.2) is 8.42 Å². The molecule has 0 bridgehead atoms. The molecule has 6 nitrogen and oxygen atoms in total. The van der Waals surface area contributed by atoms with E-state index in [1.165, 1.54) is 19.2 Å². The number of hydrogen-bond acceptors (Lipinski definition) is 4. The van der Waals surface area contributed by atoms with E-state index in [1.807, 2.05) is 0 Å². The largest absolute Gasteiger partial charge is 0.352 e. The molecular weight excluding hydrogens is 244 g/mol. The molecule has 17 heavy (non-hydrogen) atoms. The summed E-state index contributed by atoms with van der Waals surface area (Å²) >= 11 is 0. The smallest absolute Gasteiger partial charge is 0.292 e. The highest BCUT2D eigenvalue weighted by atomic mass is 32.2. The summed E-state index contributed by atoms with van der Waals surface area (Å²) < 4.78 is 24.4. The first-order valence-electron chi connectivity index (χ1n) is 4.68. The SMILES string of the molecule is CNC(=O)C(=O)c1ccccc1NS(C)(=O)=O. The van der Waals surface area contributed by atoms with Gasteiger partial charge in [-0.05, 0) is 12.1 Å². The fourth-order valence-electron chi connectivity index (χ4n) is 1.21. The van der Waals surface area contributed by atoms with Gasteiger partial charge in [0.2, 0.25) is 10.0 Å². The molecule has 0 fully saturated rings. The van der Waals surface area contributed by atoms with Gasteiger partial charge in [-0.2, -0.15) is 0 Å². The van der Waals surface area contributed by atoms with E-state index >= 15 is 0 Å². The van der Waals surface area contributed by atoms with Crippen LogP contribution in [0.5, 0.6) is 0 Å². The molecule has 0 saturated carbocycles. The predicted molar refractivity (Wildman–Crippen MR) is 63.3 cm³/mol. The van der Waals surface area contributed by atoms with Crippen LogP contribution in [0, 0.1) is 0 Å². The topological polar surface area (TPSA) is 92.3 Å². The minimum atomic E-state index is -3.50. The Morgan fingerprint density at radius 3 is 2.29 bits per heavy atom. The normalized spacial score (nSPS) is 10.7. The summed E-state index contributed by atoms with van der Waals surface area (Å²) in [4.78, 5) is 22.8. The highest BCUT2D eigenvalue weighted by Gasteiger charge is 2.19. The zero-order valence-electron chi connectivity index (χ0n) is 9.35. The Kier molecular flexibility index (Phi) is 3.84. The van der Waals surface area contributed by atoms with Crippen molar-refractivity contribution >= 4 is 27.4 Å². The van der Waals surface area contributed by atoms with Crippen molar-refractivity contribution in [2.45, 2.75) is 0 Å². The molecule has 2 N–H and O–H groups in total. The highest BCUT2D eigenvalue weighted by Crippen LogP contribution is 2.16. The lowest BCUT2D eigenvalue weighted by atomic mass is 10.1. The molecule has 0 aliphatic heterocycles. The molecule has 0 saturated heterocycles. The van der Waals surface area contributed by atoms with Crippen molar-refractivity contribution in [1.29, 1.82) is 0 Å². The monoisotopic (exact) mass is 256 g/mol. The van der Waals surface area contributed by atoms with Crippen LogP contribution >= 0.6 is 0 Å². The molecule has 1 amide bonds. The van der Waals surface area contributed by atoms with Gasteiger partial charge in [-0.3, -0.25) is 14.3 Å². The molecule has 0 unspecified atom stereocenters. The van der Waals surface area contributed by atoms with Gasteiger partial charge in [0.15, 0.2) is 0 Å². The maximum atomic E-state index is 11.6. The molecular formula is C10H12N2O4S. The van der Waals surface area contributed by atoms with Crippen molar-refractivity contribution in [2.75, 3.05) is 18.0 Å². The third-order valence-electron chi connectivity index (χ3n) is 1.90. The number of carbonyl (C=O) groups excluding carboxylic acids is 2. The Morgan fingerprint density at radius 2 is 1.76 bits per heavy atom. The van der Waals surface area contributed by atoms with Crippen LogP contribution < -0.4 is 10.0 Å². The summed E-state index contributed by atoms with van der Waals surface area (Å²) in [6, 6.07) is 5.90. The second-order valence-corrected chi connectivity index (χ2v) is 5.08. The molecule has 0 heterocycles. The summed E-state index contributed by atoms with van der Waals surface area (Å²) in [6.07, 6.45) is 0.966. The van der Waals surface area contributed by atoms with Crippen molar-refractivity contribution in [3.8, 4) is 0 Å². The summed E-state index contributed by atoms with van der Waals surface area (Å²) in [5.41, 5.74) is 0.0980. The van der Waals surface area contributed by atoms with Crippen LogP contribution in [0.2, 0.25) is 0 Å². The van der Waals surface area contributed by atoms with Gasteiger partial charge in [0, 0.05) is 7.05 Å². The molecule has 7 heteroatoms. The first kappa shape index (κ1) is 13.2. The number of likely N-dealkylation sites (N-methyl/N-ethyl adjacent to an activating group) is 1. The van der Waals surface area contributed by atoms with Gasteiger partial charge in [-0.1, -0.05) is 12.1 Å². The average molecular weight is 256 g/mol. The van der Waals surface area contributed by atoms with Crippen LogP contribution in [-0.2, 0) is 14.8 Å². The zero-order valence-corrected chi connectivity index (χ0v) is 10.2. The number of amides is 1. The molecule has 92 valence electrons. The highest BCUT2D eigenvalue weighted by molar-refractivity contribution is 7.92. The number of para-hydroxylation sites is 1. The van der Waals surface area contributed by atoms with Crippen LogP contribution in [0.1, 0.15) is 10.4 Å². The Labute approximate surface area is 99.1 Å². The molecule has 1 aromatic rings. The van der Waals surface area contributed by atoms with Crippen molar-refractivity contribution < 1.29 is 18.0 Å². The van der Waals surface area contributed by atoms with Gasteiger partial charge in [-0.15, -0.1) is 0 Å². The first-order valence-corrected chi connectivity index (χ1v) is 6.57. The Bertz CT molecular complexity index is 551. The number of carbonyl (C=O) groups is 2. The Balaban J connectivity index is 3.17. The molecule has 1 aromatic carbocycles. The van der Waals surface area contributed by atoms with Crippen LogP contribution in [0.25, 0.3) is 0 Å². The van der Waals surface area contributed by atoms with E-state index in [-0.39, 0.29) is 11.3 Å². The lowest BCUT2D eigenvalue weighted by molar-refractivity contribution is -0.116. The molecule has 0 aliphatic rings. The molecule has 0 atom stereocenters. The van der Waals surface area contributed by atoms with E-state index in [4.69, 9.17) is 0 Å². The summed E-state index contributed by atoms with van der Waals surface area (Å²) in [7, 11) is -2.17. The number of hydrogen-bond donors (Lipinski definition) is 2. The first-order chi connectivity index (χ1) is 7.85. The van der Waals surface area contributed by atoms with E-state index in [1.54, 1.807) is 12.1 Å². The zero-order chi connectivity index (χ0) is 13.1. The molecule has 0 aliphatic carbocycles. The average Bonchev–Trinajstić information content (AvgIpc) is 2.25. The maximum absolute atomic E-state index is 11.6. The third kappa shape index (κ3) is 3.56. The van der Waals surface area contributed by atoms with Gasteiger partial charge in [0.05, 0.1) is 17.5 Å². The van der Waals surface area contributed by atoms with Crippen LogP contribution in [0.4, 0.5) is 5.69 Å². The van der Waals surface area contributed by atoms with Gasteiger partial charge in [0.1, 0.15) is 0 Å². The van der Waals surface area contributed by atoms with E-state index in [9.17, 15) is 18.0 Å². The standard InChI is InChI=1S/C10H12N2O4S/c1-11-10(14)9(13)7-5-3-4-6-8(7)12-17(2,15)16/h3-6,12H,1-2H3,(H,11,14).